The summed E-state index contributed by atoms with van der Waals surface area (Å²) in [6.07, 6.45) is 2.32. The maximum Gasteiger partial charge on any atom is 0.319 e. The third kappa shape index (κ3) is 4.88. The molecule has 0 saturated heterocycles. The molecule has 1 aromatic carbocycles. The Morgan fingerprint density at radius 3 is 2.57 bits per heavy atom. The first-order valence-electron chi connectivity index (χ1n) is 7.31. The van der Waals surface area contributed by atoms with Gasteiger partial charge in [0.25, 0.3) is 0 Å². The summed E-state index contributed by atoms with van der Waals surface area (Å²) >= 11 is 0. The van der Waals surface area contributed by atoms with Crippen LogP contribution in [0.15, 0.2) is 36.5 Å². The number of pyridine rings is 1. The normalized spacial score (nSPS) is 10.0. The number of methoxy groups -OCH3 is 2. The number of hydrogen-bond donors (Lipinski definition) is 2. The van der Waals surface area contributed by atoms with Gasteiger partial charge in [0, 0.05) is 12.2 Å². The van der Waals surface area contributed by atoms with Crippen molar-refractivity contribution in [2.45, 2.75) is 13.3 Å². The van der Waals surface area contributed by atoms with Gasteiger partial charge < -0.3 is 20.1 Å². The minimum absolute atomic E-state index is 0.254. The number of nitrogens with one attached hydrogen (secondary N) is 2. The molecule has 0 unspecified atom stereocenters. The summed E-state index contributed by atoms with van der Waals surface area (Å²) in [7, 11) is 3.20. The molecule has 0 fully saturated rings. The number of urea groups is 1. The highest BCUT2D eigenvalue weighted by atomic mass is 16.5. The molecular formula is C17H21N3O3. The van der Waals surface area contributed by atoms with E-state index in [0.29, 0.717) is 30.2 Å². The number of ether oxygens (including phenoxy) is 2. The third-order valence-electron chi connectivity index (χ3n) is 3.32. The highest BCUT2D eigenvalue weighted by Crippen LogP contribution is 2.27. The maximum absolute atomic E-state index is 11.8. The first-order valence-corrected chi connectivity index (χ1v) is 7.31. The van der Waals surface area contributed by atoms with Gasteiger partial charge in [0.2, 0.25) is 0 Å². The van der Waals surface area contributed by atoms with E-state index in [1.165, 1.54) is 0 Å². The number of aryl methyl sites for hydroxylation is 1. The molecule has 0 bridgehead atoms. The van der Waals surface area contributed by atoms with Gasteiger partial charge in [-0.2, -0.15) is 0 Å². The third-order valence-corrected chi connectivity index (χ3v) is 3.32. The van der Waals surface area contributed by atoms with Crippen LogP contribution in [0.5, 0.6) is 11.5 Å². The molecule has 23 heavy (non-hydrogen) atoms. The fourth-order valence-electron chi connectivity index (χ4n) is 2.07. The highest BCUT2D eigenvalue weighted by molar-refractivity contribution is 5.88. The van der Waals surface area contributed by atoms with Gasteiger partial charge in [-0.05, 0) is 43.2 Å². The number of hydrogen-bond acceptors (Lipinski definition) is 4. The van der Waals surface area contributed by atoms with Gasteiger partial charge in [0.1, 0.15) is 0 Å². The molecule has 2 N–H and O–H groups in total. The summed E-state index contributed by atoms with van der Waals surface area (Å²) < 4.78 is 10.5. The molecule has 0 saturated carbocycles. The Hall–Kier alpha value is -2.76. The second kappa shape index (κ2) is 8.03. The van der Waals surface area contributed by atoms with Crippen LogP contribution < -0.4 is 20.1 Å². The summed E-state index contributed by atoms with van der Waals surface area (Å²) in [6.45, 7) is 2.41. The van der Waals surface area contributed by atoms with Crippen molar-refractivity contribution >= 4 is 11.7 Å². The number of benzene rings is 1. The Morgan fingerprint density at radius 1 is 1.13 bits per heavy atom. The lowest BCUT2D eigenvalue weighted by molar-refractivity contribution is 0.252. The van der Waals surface area contributed by atoms with Crippen molar-refractivity contribution in [3.8, 4) is 11.5 Å². The minimum Gasteiger partial charge on any atom is -0.493 e. The summed E-state index contributed by atoms with van der Waals surface area (Å²) in [4.78, 5) is 15.9. The Balaban J connectivity index is 1.82. The lowest BCUT2D eigenvalue weighted by atomic mass is 10.1. The summed E-state index contributed by atoms with van der Waals surface area (Å²) in [5, 5.41) is 5.55. The monoisotopic (exact) mass is 315 g/mol. The zero-order chi connectivity index (χ0) is 16.7. The van der Waals surface area contributed by atoms with Crippen LogP contribution in [0.2, 0.25) is 0 Å². The van der Waals surface area contributed by atoms with E-state index in [4.69, 9.17) is 9.47 Å². The fraction of sp³-hybridized carbons (Fsp3) is 0.294. The molecule has 2 rings (SSSR count). The SMILES string of the molecule is COc1ccc(CCNC(=O)Nc2ccc(C)nc2)cc1OC. The van der Waals surface area contributed by atoms with Crippen LogP contribution in [-0.2, 0) is 6.42 Å². The van der Waals surface area contributed by atoms with Crippen LogP contribution >= 0.6 is 0 Å². The molecule has 6 heteroatoms. The van der Waals surface area contributed by atoms with Gasteiger partial charge in [-0.1, -0.05) is 6.07 Å². The number of amides is 2. The van der Waals surface area contributed by atoms with E-state index in [0.717, 1.165) is 11.3 Å². The molecular weight excluding hydrogens is 294 g/mol. The molecule has 0 aliphatic carbocycles. The topological polar surface area (TPSA) is 72.5 Å². The van der Waals surface area contributed by atoms with Crippen LogP contribution in [-0.4, -0.2) is 31.8 Å². The Bertz CT molecular complexity index is 657. The molecule has 0 radical (unpaired) electrons. The number of nitrogens with zero attached hydrogens (tertiary/aromatic N) is 1. The average Bonchev–Trinajstić information content (AvgIpc) is 2.56. The van der Waals surface area contributed by atoms with Crippen molar-refractivity contribution in [2.75, 3.05) is 26.1 Å². The number of anilines is 1. The van der Waals surface area contributed by atoms with Gasteiger partial charge in [-0.15, -0.1) is 0 Å². The molecule has 2 aromatic rings. The van der Waals surface area contributed by atoms with Crippen molar-refractivity contribution in [1.29, 1.82) is 0 Å². The van der Waals surface area contributed by atoms with Crippen molar-refractivity contribution in [2.24, 2.45) is 0 Å². The van der Waals surface area contributed by atoms with Crippen LogP contribution in [0.1, 0.15) is 11.3 Å². The quantitative estimate of drug-likeness (QED) is 0.860. The Kier molecular flexibility index (Phi) is 5.80. The smallest absolute Gasteiger partial charge is 0.319 e. The summed E-state index contributed by atoms with van der Waals surface area (Å²) in [5.41, 5.74) is 2.63. The molecule has 0 spiro atoms. The highest BCUT2D eigenvalue weighted by Gasteiger charge is 2.05. The largest absolute Gasteiger partial charge is 0.493 e. The van der Waals surface area contributed by atoms with Crippen LogP contribution in [0.4, 0.5) is 10.5 Å². The standard InChI is InChI=1S/C17H21N3O3/c1-12-4-6-14(11-19-12)20-17(21)18-9-8-13-5-7-15(22-2)16(10-13)23-3/h4-7,10-11H,8-9H2,1-3H3,(H2,18,20,21). The number of carbonyl (C=O) groups excluding carboxylic acids is 1. The summed E-state index contributed by atoms with van der Waals surface area (Å²) in [5.74, 6) is 1.37. The van der Waals surface area contributed by atoms with Crippen LogP contribution in [0.3, 0.4) is 0 Å². The molecule has 0 atom stereocenters. The first-order chi connectivity index (χ1) is 11.1. The fourth-order valence-corrected chi connectivity index (χ4v) is 2.07. The lowest BCUT2D eigenvalue weighted by Gasteiger charge is -2.10. The Morgan fingerprint density at radius 2 is 1.91 bits per heavy atom. The van der Waals surface area contributed by atoms with Crippen molar-refractivity contribution < 1.29 is 14.3 Å². The van der Waals surface area contributed by atoms with Gasteiger partial charge >= 0.3 is 6.03 Å². The van der Waals surface area contributed by atoms with E-state index < -0.39 is 0 Å². The van der Waals surface area contributed by atoms with Gasteiger partial charge in [0.05, 0.1) is 26.1 Å². The molecule has 1 aromatic heterocycles. The maximum atomic E-state index is 11.8. The predicted molar refractivity (Wildman–Crippen MR) is 89.2 cm³/mol. The first kappa shape index (κ1) is 16.6. The van der Waals surface area contributed by atoms with E-state index in [9.17, 15) is 4.79 Å². The minimum atomic E-state index is -0.254. The zero-order valence-electron chi connectivity index (χ0n) is 13.6. The lowest BCUT2D eigenvalue weighted by Crippen LogP contribution is -2.30. The Labute approximate surface area is 135 Å². The molecule has 0 aliphatic heterocycles. The van der Waals surface area contributed by atoms with Crippen molar-refractivity contribution in [3.63, 3.8) is 0 Å². The molecule has 1 heterocycles. The van der Waals surface area contributed by atoms with E-state index in [1.54, 1.807) is 20.4 Å². The van der Waals surface area contributed by atoms with Crippen LogP contribution in [0.25, 0.3) is 0 Å². The van der Waals surface area contributed by atoms with Crippen LogP contribution in [0, 0.1) is 6.92 Å². The van der Waals surface area contributed by atoms with E-state index in [-0.39, 0.29) is 6.03 Å². The number of aromatic nitrogens is 1. The number of rotatable bonds is 6. The van der Waals surface area contributed by atoms with E-state index in [2.05, 4.69) is 15.6 Å². The second-order valence-corrected chi connectivity index (χ2v) is 5.01. The zero-order valence-corrected chi connectivity index (χ0v) is 13.6. The second-order valence-electron chi connectivity index (χ2n) is 5.01. The van der Waals surface area contributed by atoms with Crippen molar-refractivity contribution in [3.05, 3.63) is 47.8 Å². The van der Waals surface area contributed by atoms with E-state index in [1.807, 2.05) is 37.3 Å². The average molecular weight is 315 g/mol. The molecule has 6 nitrogen and oxygen atoms in total. The molecule has 2 amide bonds. The van der Waals surface area contributed by atoms with E-state index >= 15 is 0 Å². The van der Waals surface area contributed by atoms with Gasteiger partial charge in [-0.25, -0.2) is 4.79 Å². The molecule has 122 valence electrons. The predicted octanol–water partition coefficient (Wildman–Crippen LogP) is 2.77. The van der Waals surface area contributed by atoms with Gasteiger partial charge in [0.15, 0.2) is 11.5 Å². The van der Waals surface area contributed by atoms with Crippen molar-refractivity contribution in [1.82, 2.24) is 10.3 Å². The number of carbonyl (C=O) groups is 1. The molecule has 0 aliphatic rings. The van der Waals surface area contributed by atoms with Gasteiger partial charge in [-0.3, -0.25) is 4.98 Å². The summed E-state index contributed by atoms with van der Waals surface area (Å²) in [6, 6.07) is 9.12.